The SMILES string of the molecule is CN(C(=O)NCC1(c2ccccc2)CC1)c1ccccc1. The normalized spacial score (nSPS) is 15.3. The lowest BCUT2D eigenvalue weighted by molar-refractivity contribution is 0.246. The van der Waals surface area contributed by atoms with E-state index in [4.69, 9.17) is 0 Å². The molecule has 0 bridgehead atoms. The van der Waals surface area contributed by atoms with Crippen LogP contribution in [-0.2, 0) is 5.41 Å². The molecule has 0 spiro atoms. The zero-order chi connectivity index (χ0) is 14.7. The first-order valence-electron chi connectivity index (χ1n) is 7.33. The fraction of sp³-hybridized carbons (Fsp3) is 0.278. The summed E-state index contributed by atoms with van der Waals surface area (Å²) in [5, 5.41) is 3.07. The van der Waals surface area contributed by atoms with E-state index in [1.54, 1.807) is 11.9 Å². The largest absolute Gasteiger partial charge is 0.337 e. The molecule has 3 nitrogen and oxygen atoms in total. The second-order valence-corrected chi connectivity index (χ2v) is 5.70. The van der Waals surface area contributed by atoms with Crippen molar-refractivity contribution in [3.05, 3.63) is 66.2 Å². The van der Waals surface area contributed by atoms with Gasteiger partial charge in [0.05, 0.1) is 0 Å². The number of carbonyl (C=O) groups excluding carboxylic acids is 1. The summed E-state index contributed by atoms with van der Waals surface area (Å²) in [6.07, 6.45) is 2.29. The van der Waals surface area contributed by atoms with Gasteiger partial charge >= 0.3 is 6.03 Å². The Morgan fingerprint density at radius 2 is 1.62 bits per heavy atom. The lowest BCUT2D eigenvalue weighted by atomic mass is 9.96. The molecule has 0 aromatic heterocycles. The first kappa shape index (κ1) is 13.7. The van der Waals surface area contributed by atoms with Crippen LogP contribution in [0.25, 0.3) is 0 Å². The predicted octanol–water partition coefficient (Wildman–Crippen LogP) is 3.56. The highest BCUT2D eigenvalue weighted by atomic mass is 16.2. The summed E-state index contributed by atoms with van der Waals surface area (Å²) in [7, 11) is 1.80. The molecule has 1 saturated carbocycles. The second kappa shape index (κ2) is 5.60. The van der Waals surface area contributed by atoms with Crippen molar-refractivity contribution in [3.63, 3.8) is 0 Å². The van der Waals surface area contributed by atoms with Gasteiger partial charge in [-0.2, -0.15) is 0 Å². The third-order valence-electron chi connectivity index (χ3n) is 4.27. The molecule has 2 aromatic carbocycles. The van der Waals surface area contributed by atoms with E-state index < -0.39 is 0 Å². The summed E-state index contributed by atoms with van der Waals surface area (Å²) in [6.45, 7) is 0.701. The lowest BCUT2D eigenvalue weighted by Gasteiger charge is -2.21. The fourth-order valence-electron chi connectivity index (χ4n) is 2.64. The molecule has 0 aliphatic heterocycles. The van der Waals surface area contributed by atoms with Crippen LogP contribution in [-0.4, -0.2) is 19.6 Å². The van der Waals surface area contributed by atoms with Crippen LogP contribution in [0.4, 0.5) is 10.5 Å². The zero-order valence-electron chi connectivity index (χ0n) is 12.3. The Balaban J connectivity index is 1.62. The maximum atomic E-state index is 12.3. The van der Waals surface area contributed by atoms with Crippen LogP contribution >= 0.6 is 0 Å². The highest BCUT2D eigenvalue weighted by Gasteiger charge is 2.44. The molecule has 0 heterocycles. The Morgan fingerprint density at radius 1 is 1.05 bits per heavy atom. The van der Waals surface area contributed by atoms with Crippen molar-refractivity contribution in [2.24, 2.45) is 0 Å². The minimum Gasteiger partial charge on any atom is -0.337 e. The van der Waals surface area contributed by atoms with Crippen LogP contribution in [0.15, 0.2) is 60.7 Å². The number of amides is 2. The van der Waals surface area contributed by atoms with Gasteiger partial charge in [0.2, 0.25) is 0 Å². The summed E-state index contributed by atoms with van der Waals surface area (Å²) < 4.78 is 0. The zero-order valence-corrected chi connectivity index (χ0v) is 12.3. The summed E-state index contributed by atoms with van der Waals surface area (Å²) in [6, 6.07) is 20.1. The number of nitrogens with one attached hydrogen (secondary N) is 1. The van der Waals surface area contributed by atoms with E-state index in [1.165, 1.54) is 5.56 Å². The Bertz CT molecular complexity index is 606. The first-order chi connectivity index (χ1) is 10.2. The molecule has 3 rings (SSSR count). The highest BCUT2D eigenvalue weighted by molar-refractivity contribution is 5.91. The number of urea groups is 1. The van der Waals surface area contributed by atoms with Crippen molar-refractivity contribution in [1.82, 2.24) is 5.32 Å². The van der Waals surface area contributed by atoms with Crippen molar-refractivity contribution < 1.29 is 4.79 Å². The summed E-state index contributed by atoms with van der Waals surface area (Å²) >= 11 is 0. The minimum atomic E-state index is -0.0524. The Hall–Kier alpha value is -2.29. The number of hydrogen-bond donors (Lipinski definition) is 1. The molecule has 21 heavy (non-hydrogen) atoms. The van der Waals surface area contributed by atoms with Crippen LogP contribution in [0.2, 0.25) is 0 Å². The van der Waals surface area contributed by atoms with E-state index in [-0.39, 0.29) is 11.4 Å². The van der Waals surface area contributed by atoms with E-state index in [2.05, 4.69) is 29.6 Å². The van der Waals surface area contributed by atoms with Crippen LogP contribution in [0, 0.1) is 0 Å². The number of nitrogens with zero attached hydrogens (tertiary/aromatic N) is 1. The van der Waals surface area contributed by atoms with Crippen molar-refractivity contribution in [2.45, 2.75) is 18.3 Å². The van der Waals surface area contributed by atoms with E-state index in [1.807, 2.05) is 36.4 Å². The first-order valence-corrected chi connectivity index (χ1v) is 7.33. The molecular weight excluding hydrogens is 260 g/mol. The maximum Gasteiger partial charge on any atom is 0.321 e. The molecule has 0 atom stereocenters. The Labute approximate surface area is 125 Å². The molecule has 0 unspecified atom stereocenters. The smallest absolute Gasteiger partial charge is 0.321 e. The van der Waals surface area contributed by atoms with Crippen LogP contribution in [0.3, 0.4) is 0 Å². The molecule has 3 heteroatoms. The van der Waals surface area contributed by atoms with Gasteiger partial charge in [-0.1, -0.05) is 48.5 Å². The van der Waals surface area contributed by atoms with Gasteiger partial charge < -0.3 is 5.32 Å². The van der Waals surface area contributed by atoms with Gasteiger partial charge in [-0.3, -0.25) is 4.90 Å². The summed E-state index contributed by atoms with van der Waals surface area (Å²) in [4.78, 5) is 13.9. The minimum absolute atomic E-state index is 0.0524. The van der Waals surface area contributed by atoms with Crippen molar-refractivity contribution in [3.8, 4) is 0 Å². The van der Waals surface area contributed by atoms with Crippen LogP contribution in [0.1, 0.15) is 18.4 Å². The molecule has 1 N–H and O–H groups in total. The summed E-state index contributed by atoms with van der Waals surface area (Å²) in [5.74, 6) is 0. The highest BCUT2D eigenvalue weighted by Crippen LogP contribution is 2.47. The quantitative estimate of drug-likeness (QED) is 0.912. The van der Waals surface area contributed by atoms with Crippen molar-refractivity contribution in [2.75, 3.05) is 18.5 Å². The second-order valence-electron chi connectivity index (χ2n) is 5.70. The Kier molecular flexibility index (Phi) is 3.65. The average Bonchev–Trinajstić information content (AvgIpc) is 3.35. The number of carbonyl (C=O) groups is 1. The van der Waals surface area contributed by atoms with Crippen LogP contribution in [0.5, 0.6) is 0 Å². The van der Waals surface area contributed by atoms with E-state index in [0.717, 1.165) is 18.5 Å². The number of benzene rings is 2. The Morgan fingerprint density at radius 3 is 2.19 bits per heavy atom. The van der Waals surface area contributed by atoms with Crippen molar-refractivity contribution >= 4 is 11.7 Å². The molecule has 0 radical (unpaired) electrons. The van der Waals surface area contributed by atoms with Gasteiger partial charge in [0.15, 0.2) is 0 Å². The summed E-state index contributed by atoms with van der Waals surface area (Å²) in [5.41, 5.74) is 2.38. The van der Waals surface area contributed by atoms with Gasteiger partial charge in [0.1, 0.15) is 0 Å². The molecule has 2 aromatic rings. The van der Waals surface area contributed by atoms with E-state index >= 15 is 0 Å². The average molecular weight is 280 g/mol. The fourth-order valence-corrected chi connectivity index (χ4v) is 2.64. The van der Waals surface area contributed by atoms with E-state index in [0.29, 0.717) is 6.54 Å². The standard InChI is InChI=1S/C18H20N2O/c1-20(16-10-6-3-7-11-16)17(21)19-14-18(12-13-18)15-8-4-2-5-9-15/h2-11H,12-14H2,1H3,(H,19,21). The van der Waals surface area contributed by atoms with Crippen LogP contribution < -0.4 is 10.2 Å². The number of rotatable bonds is 4. The molecule has 1 aliphatic rings. The molecule has 1 aliphatic carbocycles. The third-order valence-corrected chi connectivity index (χ3v) is 4.27. The predicted molar refractivity (Wildman–Crippen MR) is 85.6 cm³/mol. The number of para-hydroxylation sites is 1. The topological polar surface area (TPSA) is 32.3 Å². The lowest BCUT2D eigenvalue weighted by Crippen LogP contribution is -2.41. The molecule has 0 saturated heterocycles. The van der Waals surface area contributed by atoms with Gasteiger partial charge in [-0.25, -0.2) is 4.79 Å². The molecule has 1 fully saturated rings. The van der Waals surface area contributed by atoms with Gasteiger partial charge in [-0.15, -0.1) is 0 Å². The number of hydrogen-bond acceptors (Lipinski definition) is 1. The van der Waals surface area contributed by atoms with Gasteiger partial charge in [0, 0.05) is 24.7 Å². The van der Waals surface area contributed by atoms with Gasteiger partial charge in [0.25, 0.3) is 0 Å². The molecule has 108 valence electrons. The maximum absolute atomic E-state index is 12.3. The van der Waals surface area contributed by atoms with E-state index in [9.17, 15) is 4.79 Å². The number of anilines is 1. The van der Waals surface area contributed by atoms with Gasteiger partial charge in [-0.05, 0) is 30.5 Å². The van der Waals surface area contributed by atoms with Crippen molar-refractivity contribution in [1.29, 1.82) is 0 Å². The third kappa shape index (κ3) is 2.92. The molecular formula is C18H20N2O. The molecule has 2 amide bonds. The monoisotopic (exact) mass is 280 g/mol.